The molecule has 0 heterocycles. The molecule has 104 valence electrons. The highest BCUT2D eigenvalue weighted by molar-refractivity contribution is 9.10. The van der Waals surface area contributed by atoms with Crippen LogP contribution in [0.2, 0.25) is 0 Å². The smallest absolute Gasteiger partial charge is 0.347 e. The normalized spacial score (nSPS) is 13.5. The summed E-state index contributed by atoms with van der Waals surface area (Å²) < 4.78 is 10.8. The summed E-state index contributed by atoms with van der Waals surface area (Å²) in [6.07, 6.45) is -0.884. The van der Waals surface area contributed by atoms with Crippen molar-refractivity contribution in [2.75, 3.05) is 6.61 Å². The van der Waals surface area contributed by atoms with E-state index in [1.54, 1.807) is 13.8 Å². The number of hydrogen-bond acceptors (Lipinski definition) is 4. The molecule has 2 atom stereocenters. The molecule has 0 unspecified atom stereocenters. The van der Waals surface area contributed by atoms with Crippen molar-refractivity contribution in [3.8, 4) is 0 Å². The predicted molar refractivity (Wildman–Crippen MR) is 74.7 cm³/mol. The Morgan fingerprint density at radius 3 is 2.26 bits per heavy atom. The highest BCUT2D eigenvalue weighted by Crippen LogP contribution is 2.20. The minimum Gasteiger partial charge on any atom is -0.463 e. The maximum atomic E-state index is 11.9. The molecule has 0 saturated carbocycles. The van der Waals surface area contributed by atoms with Gasteiger partial charge in [0.25, 0.3) is 0 Å². The molecule has 1 rings (SSSR count). The summed E-state index contributed by atoms with van der Waals surface area (Å²) in [6.45, 7) is 5.22. The van der Waals surface area contributed by atoms with Crippen molar-refractivity contribution in [1.82, 2.24) is 0 Å². The lowest BCUT2D eigenvalue weighted by atomic mass is 10.0. The quantitative estimate of drug-likeness (QED) is 0.779. The molecule has 5 heteroatoms. The lowest BCUT2D eigenvalue weighted by Gasteiger charge is -2.16. The predicted octanol–water partition coefficient (Wildman–Crippen LogP) is 3.05. The molecule has 1 aromatic rings. The first-order valence-electron chi connectivity index (χ1n) is 6.08. The highest BCUT2D eigenvalue weighted by Gasteiger charge is 2.23. The van der Waals surface area contributed by atoms with Gasteiger partial charge in [0.05, 0.1) is 12.5 Å². The minimum atomic E-state index is -0.884. The molecule has 1 aromatic carbocycles. The van der Waals surface area contributed by atoms with Crippen LogP contribution in [0.3, 0.4) is 0 Å². The largest absolute Gasteiger partial charge is 0.463 e. The summed E-state index contributed by atoms with van der Waals surface area (Å²) in [7, 11) is 0. The number of carbonyl (C=O) groups is 2. The van der Waals surface area contributed by atoms with Crippen molar-refractivity contribution >= 4 is 27.9 Å². The Labute approximate surface area is 121 Å². The maximum absolute atomic E-state index is 11.9. The van der Waals surface area contributed by atoms with Gasteiger partial charge >= 0.3 is 11.9 Å². The van der Waals surface area contributed by atoms with Crippen molar-refractivity contribution < 1.29 is 19.1 Å². The summed E-state index contributed by atoms with van der Waals surface area (Å²) in [4.78, 5) is 23.3. The van der Waals surface area contributed by atoms with Gasteiger partial charge in [0, 0.05) is 4.47 Å². The second-order valence-electron chi connectivity index (χ2n) is 4.10. The van der Waals surface area contributed by atoms with Gasteiger partial charge in [-0.3, -0.25) is 4.79 Å². The maximum Gasteiger partial charge on any atom is 0.347 e. The molecule has 0 aliphatic heterocycles. The number of halogens is 1. The van der Waals surface area contributed by atoms with E-state index in [9.17, 15) is 9.59 Å². The number of carbonyl (C=O) groups excluding carboxylic acids is 2. The van der Waals surface area contributed by atoms with Gasteiger partial charge in [-0.25, -0.2) is 4.79 Å². The van der Waals surface area contributed by atoms with Crippen LogP contribution >= 0.6 is 15.9 Å². The molecule has 19 heavy (non-hydrogen) atoms. The van der Waals surface area contributed by atoms with Crippen LogP contribution in [-0.2, 0) is 19.1 Å². The summed E-state index contributed by atoms with van der Waals surface area (Å²) in [5, 5.41) is 0. The Morgan fingerprint density at radius 1 is 1.16 bits per heavy atom. The van der Waals surface area contributed by atoms with Crippen LogP contribution in [0.25, 0.3) is 0 Å². The molecule has 0 N–H and O–H groups in total. The monoisotopic (exact) mass is 328 g/mol. The van der Waals surface area contributed by atoms with E-state index in [1.807, 2.05) is 24.3 Å². The average Bonchev–Trinajstić information content (AvgIpc) is 2.38. The molecule has 0 aliphatic carbocycles. The third kappa shape index (κ3) is 4.67. The molecular formula is C14H17BrO4. The molecule has 0 amide bonds. The van der Waals surface area contributed by atoms with E-state index in [1.165, 1.54) is 6.92 Å². The van der Waals surface area contributed by atoms with Crippen LogP contribution in [0.15, 0.2) is 28.7 Å². The van der Waals surface area contributed by atoms with Crippen molar-refractivity contribution in [3.05, 3.63) is 34.3 Å². The van der Waals surface area contributed by atoms with E-state index >= 15 is 0 Å². The van der Waals surface area contributed by atoms with Gasteiger partial charge in [-0.2, -0.15) is 0 Å². The summed E-state index contributed by atoms with van der Waals surface area (Å²) in [5.74, 6) is -1.40. The second-order valence-corrected chi connectivity index (χ2v) is 5.02. The van der Waals surface area contributed by atoms with Crippen LogP contribution in [-0.4, -0.2) is 24.6 Å². The van der Waals surface area contributed by atoms with Crippen LogP contribution in [0.1, 0.15) is 32.3 Å². The SMILES string of the molecule is CCOC(=O)[C@H](C)OC(=O)[C@@H](C)c1ccc(Br)cc1. The number of esters is 2. The first-order valence-corrected chi connectivity index (χ1v) is 6.87. The Kier molecular flexibility index (Phi) is 6.02. The van der Waals surface area contributed by atoms with Gasteiger partial charge in [-0.1, -0.05) is 28.1 Å². The Bertz CT molecular complexity index is 441. The zero-order valence-corrected chi connectivity index (χ0v) is 12.8. The Balaban J connectivity index is 2.62. The van der Waals surface area contributed by atoms with Crippen molar-refractivity contribution in [2.45, 2.75) is 32.8 Å². The molecule has 4 nitrogen and oxygen atoms in total. The van der Waals surface area contributed by atoms with Gasteiger partial charge in [0.1, 0.15) is 0 Å². The van der Waals surface area contributed by atoms with Gasteiger partial charge in [-0.05, 0) is 38.5 Å². The van der Waals surface area contributed by atoms with Gasteiger partial charge in [-0.15, -0.1) is 0 Å². The minimum absolute atomic E-state index is 0.267. The van der Waals surface area contributed by atoms with Crippen molar-refractivity contribution in [1.29, 1.82) is 0 Å². The van der Waals surface area contributed by atoms with E-state index < -0.39 is 24.0 Å². The number of benzene rings is 1. The lowest BCUT2D eigenvalue weighted by Crippen LogP contribution is -2.28. The number of rotatable bonds is 5. The second kappa shape index (κ2) is 7.28. The molecule has 0 spiro atoms. The third-order valence-corrected chi connectivity index (χ3v) is 3.16. The topological polar surface area (TPSA) is 52.6 Å². The van der Waals surface area contributed by atoms with E-state index in [0.29, 0.717) is 0 Å². The molecule has 0 aromatic heterocycles. The van der Waals surface area contributed by atoms with Gasteiger partial charge < -0.3 is 9.47 Å². The summed E-state index contributed by atoms with van der Waals surface area (Å²) in [6, 6.07) is 7.39. The van der Waals surface area contributed by atoms with Crippen LogP contribution in [0.4, 0.5) is 0 Å². The molecule has 0 saturated heterocycles. The average molecular weight is 329 g/mol. The van der Waals surface area contributed by atoms with Crippen LogP contribution < -0.4 is 0 Å². The zero-order chi connectivity index (χ0) is 14.4. The van der Waals surface area contributed by atoms with Crippen molar-refractivity contribution in [3.63, 3.8) is 0 Å². The van der Waals surface area contributed by atoms with Gasteiger partial charge in [0.2, 0.25) is 0 Å². The van der Waals surface area contributed by atoms with Crippen LogP contribution in [0, 0.1) is 0 Å². The fourth-order valence-corrected chi connectivity index (χ4v) is 1.74. The lowest BCUT2D eigenvalue weighted by molar-refractivity contribution is -0.167. The number of ether oxygens (including phenoxy) is 2. The number of hydrogen-bond donors (Lipinski definition) is 0. The fourth-order valence-electron chi connectivity index (χ4n) is 1.47. The fraction of sp³-hybridized carbons (Fsp3) is 0.429. The Hall–Kier alpha value is -1.36. The van der Waals surface area contributed by atoms with E-state index in [4.69, 9.17) is 9.47 Å². The standard InChI is InChI=1S/C14H17BrO4/c1-4-18-14(17)10(3)19-13(16)9(2)11-5-7-12(15)8-6-11/h5-10H,4H2,1-3H3/t9-,10-/m0/s1. The highest BCUT2D eigenvalue weighted by atomic mass is 79.9. The zero-order valence-electron chi connectivity index (χ0n) is 11.2. The molecule has 0 fully saturated rings. The van der Waals surface area contributed by atoms with Crippen LogP contribution in [0.5, 0.6) is 0 Å². The summed E-state index contributed by atoms with van der Waals surface area (Å²) >= 11 is 3.33. The molecule has 0 bridgehead atoms. The molecule has 0 aliphatic rings. The summed E-state index contributed by atoms with van der Waals surface area (Å²) in [5.41, 5.74) is 0.837. The Morgan fingerprint density at radius 2 is 1.74 bits per heavy atom. The van der Waals surface area contributed by atoms with E-state index in [-0.39, 0.29) is 6.61 Å². The molecular weight excluding hydrogens is 312 g/mol. The third-order valence-electron chi connectivity index (χ3n) is 2.64. The van der Waals surface area contributed by atoms with E-state index in [2.05, 4.69) is 15.9 Å². The van der Waals surface area contributed by atoms with Crippen molar-refractivity contribution in [2.24, 2.45) is 0 Å². The first-order chi connectivity index (χ1) is 8.95. The van der Waals surface area contributed by atoms with Gasteiger partial charge in [0.15, 0.2) is 6.10 Å². The molecule has 0 radical (unpaired) electrons. The van der Waals surface area contributed by atoms with E-state index in [0.717, 1.165) is 10.0 Å². The first kappa shape index (κ1) is 15.7.